The Balaban J connectivity index is 3.88. The lowest BCUT2D eigenvalue weighted by atomic mass is 10.3. The fourth-order valence-electron chi connectivity index (χ4n) is 1.22. The van der Waals surface area contributed by atoms with Gasteiger partial charge in [0.1, 0.15) is 0 Å². The van der Waals surface area contributed by atoms with Crippen LogP contribution < -0.4 is 5.32 Å². The van der Waals surface area contributed by atoms with Crippen LogP contribution in [0, 0.1) is 0 Å². The Morgan fingerprint density at radius 2 is 1.44 bits per heavy atom. The Kier molecular flexibility index (Phi) is 10.8. The van der Waals surface area contributed by atoms with E-state index in [1.807, 2.05) is 4.90 Å². The van der Waals surface area contributed by atoms with E-state index in [-0.39, 0.29) is 19.8 Å². The monoisotopic (exact) mass is 250 g/mol. The predicted octanol–water partition coefficient (Wildman–Crippen LogP) is -0.690. The average molecular weight is 250 g/mol. The molecule has 5 nitrogen and oxygen atoms in total. The Morgan fingerprint density at radius 1 is 0.938 bits per heavy atom. The largest absolute Gasteiger partial charge is 0.396 e. The third-order valence-electron chi connectivity index (χ3n) is 2.07. The summed E-state index contributed by atoms with van der Waals surface area (Å²) < 4.78 is 0. The highest BCUT2D eigenvalue weighted by Crippen LogP contribution is 1.96. The van der Waals surface area contributed by atoms with Crippen LogP contribution in [0.25, 0.3) is 0 Å². The molecular weight excluding hydrogens is 228 g/mol. The van der Waals surface area contributed by atoms with Gasteiger partial charge in [-0.25, -0.2) is 0 Å². The van der Waals surface area contributed by atoms with E-state index in [2.05, 4.69) is 5.32 Å². The highest BCUT2D eigenvalue weighted by molar-refractivity contribution is 7.80. The van der Waals surface area contributed by atoms with Crippen LogP contribution in [-0.4, -0.2) is 64.8 Å². The molecule has 0 aliphatic carbocycles. The van der Waals surface area contributed by atoms with Crippen molar-refractivity contribution in [2.75, 3.05) is 39.5 Å². The number of nitrogens with one attached hydrogen (secondary N) is 1. The Labute approximate surface area is 102 Å². The van der Waals surface area contributed by atoms with Crippen LogP contribution in [-0.2, 0) is 0 Å². The van der Waals surface area contributed by atoms with E-state index in [1.54, 1.807) is 0 Å². The first-order valence-corrected chi connectivity index (χ1v) is 6.02. The molecule has 0 unspecified atom stereocenters. The quantitative estimate of drug-likeness (QED) is 0.321. The summed E-state index contributed by atoms with van der Waals surface area (Å²) in [5, 5.41) is 29.8. The molecule has 0 atom stereocenters. The van der Waals surface area contributed by atoms with Gasteiger partial charge in [0, 0.05) is 39.5 Å². The summed E-state index contributed by atoms with van der Waals surface area (Å²) in [7, 11) is 0. The predicted molar refractivity (Wildman–Crippen MR) is 67.3 cm³/mol. The minimum atomic E-state index is 0.134. The van der Waals surface area contributed by atoms with Gasteiger partial charge in [-0.3, -0.25) is 0 Å². The van der Waals surface area contributed by atoms with Crippen LogP contribution >= 0.6 is 12.2 Å². The van der Waals surface area contributed by atoms with Crippen molar-refractivity contribution in [3.63, 3.8) is 0 Å². The smallest absolute Gasteiger partial charge is 0.168 e. The van der Waals surface area contributed by atoms with Crippen LogP contribution in [0.4, 0.5) is 0 Å². The van der Waals surface area contributed by atoms with E-state index in [1.165, 1.54) is 0 Å². The van der Waals surface area contributed by atoms with Gasteiger partial charge in [0.25, 0.3) is 0 Å². The van der Waals surface area contributed by atoms with Gasteiger partial charge in [-0.2, -0.15) is 0 Å². The summed E-state index contributed by atoms with van der Waals surface area (Å²) in [6.45, 7) is 2.42. The van der Waals surface area contributed by atoms with E-state index < -0.39 is 0 Å². The Morgan fingerprint density at radius 3 is 1.88 bits per heavy atom. The maximum atomic E-state index is 8.76. The minimum Gasteiger partial charge on any atom is -0.396 e. The number of aliphatic hydroxyl groups excluding tert-OH is 3. The highest BCUT2D eigenvalue weighted by atomic mass is 32.1. The van der Waals surface area contributed by atoms with Crippen LogP contribution in [0.3, 0.4) is 0 Å². The average Bonchev–Trinajstić information content (AvgIpc) is 2.29. The molecule has 4 N–H and O–H groups in total. The number of hydrogen-bond donors (Lipinski definition) is 4. The molecule has 0 amide bonds. The highest BCUT2D eigenvalue weighted by Gasteiger charge is 2.07. The zero-order valence-corrected chi connectivity index (χ0v) is 10.4. The van der Waals surface area contributed by atoms with Gasteiger partial charge >= 0.3 is 0 Å². The van der Waals surface area contributed by atoms with E-state index >= 15 is 0 Å². The molecule has 0 spiro atoms. The van der Waals surface area contributed by atoms with Gasteiger partial charge < -0.3 is 25.5 Å². The lowest BCUT2D eigenvalue weighted by Crippen LogP contribution is -2.41. The van der Waals surface area contributed by atoms with E-state index in [0.29, 0.717) is 44.0 Å². The summed E-state index contributed by atoms with van der Waals surface area (Å²) in [6.07, 6.45) is 1.98. The molecule has 0 aromatic carbocycles. The number of nitrogens with zero attached hydrogens (tertiary/aromatic N) is 1. The first kappa shape index (κ1) is 15.6. The Bertz CT molecular complexity index is 173. The van der Waals surface area contributed by atoms with E-state index in [9.17, 15) is 0 Å². The van der Waals surface area contributed by atoms with Crippen LogP contribution in [0.5, 0.6) is 0 Å². The Hall–Kier alpha value is -0.430. The van der Waals surface area contributed by atoms with Crippen molar-refractivity contribution in [2.24, 2.45) is 0 Å². The molecule has 0 saturated heterocycles. The zero-order valence-electron chi connectivity index (χ0n) is 9.56. The van der Waals surface area contributed by atoms with E-state index in [4.69, 9.17) is 27.5 Å². The van der Waals surface area contributed by atoms with Gasteiger partial charge in [-0.15, -0.1) is 0 Å². The van der Waals surface area contributed by atoms with Gasteiger partial charge in [0.05, 0.1) is 0 Å². The first-order chi connectivity index (χ1) is 7.76. The topological polar surface area (TPSA) is 76.0 Å². The third kappa shape index (κ3) is 7.81. The maximum absolute atomic E-state index is 8.76. The summed E-state index contributed by atoms with van der Waals surface area (Å²) >= 11 is 5.19. The summed E-state index contributed by atoms with van der Waals surface area (Å²) in [6, 6.07) is 0. The fourth-order valence-corrected chi connectivity index (χ4v) is 1.51. The van der Waals surface area contributed by atoms with E-state index in [0.717, 1.165) is 0 Å². The molecule has 0 rings (SSSR count). The van der Waals surface area contributed by atoms with Gasteiger partial charge in [0.2, 0.25) is 0 Å². The molecule has 0 bridgehead atoms. The second-order valence-electron chi connectivity index (χ2n) is 3.45. The number of hydrogen-bond acceptors (Lipinski definition) is 4. The number of aliphatic hydroxyl groups is 3. The number of thiocarbonyl (C=S) groups is 1. The maximum Gasteiger partial charge on any atom is 0.168 e. The molecule has 0 aromatic rings. The van der Waals surface area contributed by atoms with Crippen molar-refractivity contribution in [1.82, 2.24) is 10.2 Å². The second kappa shape index (κ2) is 11.1. The molecular formula is C10H22N2O3S. The molecule has 0 radical (unpaired) electrons. The van der Waals surface area contributed by atoms with Crippen molar-refractivity contribution < 1.29 is 15.3 Å². The van der Waals surface area contributed by atoms with Crippen LogP contribution in [0.1, 0.15) is 19.3 Å². The molecule has 0 fully saturated rings. The molecule has 16 heavy (non-hydrogen) atoms. The third-order valence-corrected chi connectivity index (χ3v) is 2.47. The van der Waals surface area contributed by atoms with Gasteiger partial charge in [-0.05, 0) is 31.5 Å². The fraction of sp³-hybridized carbons (Fsp3) is 0.900. The van der Waals surface area contributed by atoms with Crippen molar-refractivity contribution >= 4 is 17.3 Å². The zero-order chi connectivity index (χ0) is 12.2. The first-order valence-electron chi connectivity index (χ1n) is 5.61. The standard InChI is InChI=1S/C10H22N2O3S/c13-7-1-4-11-10(16)12(5-2-8-14)6-3-9-15/h13-15H,1-9H2,(H,11,16). The molecule has 0 heterocycles. The molecule has 0 aliphatic rings. The van der Waals surface area contributed by atoms with Crippen LogP contribution in [0.2, 0.25) is 0 Å². The number of rotatable bonds is 9. The summed E-state index contributed by atoms with van der Waals surface area (Å²) in [5.41, 5.74) is 0. The van der Waals surface area contributed by atoms with Gasteiger partial charge in [-0.1, -0.05) is 0 Å². The second-order valence-corrected chi connectivity index (χ2v) is 3.84. The van der Waals surface area contributed by atoms with Crippen LogP contribution in [0.15, 0.2) is 0 Å². The molecule has 0 saturated carbocycles. The summed E-state index contributed by atoms with van der Waals surface area (Å²) in [5.74, 6) is 0. The SMILES string of the molecule is OCCCNC(=S)N(CCCO)CCCO. The lowest BCUT2D eigenvalue weighted by Gasteiger charge is -2.25. The lowest BCUT2D eigenvalue weighted by molar-refractivity contribution is 0.245. The summed E-state index contributed by atoms with van der Waals surface area (Å²) in [4.78, 5) is 1.93. The van der Waals surface area contributed by atoms with Crippen molar-refractivity contribution in [2.45, 2.75) is 19.3 Å². The normalized spacial score (nSPS) is 10.2. The molecule has 0 aliphatic heterocycles. The van der Waals surface area contributed by atoms with Crippen molar-refractivity contribution in [1.29, 1.82) is 0 Å². The molecule has 96 valence electrons. The van der Waals surface area contributed by atoms with Crippen molar-refractivity contribution in [3.05, 3.63) is 0 Å². The van der Waals surface area contributed by atoms with Gasteiger partial charge in [0.15, 0.2) is 5.11 Å². The minimum absolute atomic E-state index is 0.134. The molecule has 0 aromatic heterocycles. The molecule has 6 heteroatoms. The van der Waals surface area contributed by atoms with Crippen molar-refractivity contribution in [3.8, 4) is 0 Å².